The number of halogens is 1. The van der Waals surface area contributed by atoms with Gasteiger partial charge in [0.1, 0.15) is 0 Å². The Labute approximate surface area is 126 Å². The third-order valence-electron chi connectivity index (χ3n) is 3.37. The molecule has 0 heterocycles. The Morgan fingerprint density at radius 1 is 1.05 bits per heavy atom. The highest BCUT2D eigenvalue weighted by atomic mass is 35.5. The average Bonchev–Trinajstić information content (AvgIpc) is 2.45. The Balaban J connectivity index is 2.31. The molecule has 0 aromatic heterocycles. The standard InChI is InChI=1S/C17H21ClN2/c1-4-15(13-9-6-5-7-10-13)19-16-12-8-11-14(18)17(16)20(2)3/h5-12,15,19H,4H2,1-3H3. The zero-order valence-electron chi connectivity index (χ0n) is 12.2. The fraction of sp³-hybridized carbons (Fsp3) is 0.294. The summed E-state index contributed by atoms with van der Waals surface area (Å²) in [5, 5.41) is 4.38. The number of rotatable bonds is 5. The van der Waals surface area contributed by atoms with Crippen LogP contribution < -0.4 is 10.2 Å². The lowest BCUT2D eigenvalue weighted by Crippen LogP contribution is -2.15. The van der Waals surface area contributed by atoms with Crippen LogP contribution in [0.3, 0.4) is 0 Å². The molecule has 2 aromatic rings. The maximum absolute atomic E-state index is 6.32. The first kappa shape index (κ1) is 14.7. The molecule has 2 aromatic carbocycles. The average molecular weight is 289 g/mol. The lowest BCUT2D eigenvalue weighted by molar-refractivity contribution is 0.749. The predicted octanol–water partition coefficient (Wildman–Crippen LogP) is 4.97. The number of anilines is 2. The van der Waals surface area contributed by atoms with E-state index in [4.69, 9.17) is 11.6 Å². The first-order chi connectivity index (χ1) is 9.63. The van der Waals surface area contributed by atoms with Crippen molar-refractivity contribution in [1.82, 2.24) is 0 Å². The minimum absolute atomic E-state index is 0.286. The second-order valence-electron chi connectivity index (χ2n) is 5.05. The minimum Gasteiger partial charge on any atom is -0.377 e. The summed E-state index contributed by atoms with van der Waals surface area (Å²) in [7, 11) is 4.02. The van der Waals surface area contributed by atoms with Crippen LogP contribution in [0.1, 0.15) is 24.9 Å². The summed E-state index contributed by atoms with van der Waals surface area (Å²) in [6.07, 6.45) is 1.02. The van der Waals surface area contributed by atoms with Crippen LogP contribution in [0.15, 0.2) is 48.5 Å². The second kappa shape index (κ2) is 6.67. The summed E-state index contributed by atoms with van der Waals surface area (Å²) in [5.41, 5.74) is 3.39. The van der Waals surface area contributed by atoms with Crippen molar-refractivity contribution < 1.29 is 0 Å². The van der Waals surface area contributed by atoms with Crippen LogP contribution in [0, 0.1) is 0 Å². The van der Waals surface area contributed by atoms with Gasteiger partial charge in [-0.2, -0.15) is 0 Å². The maximum Gasteiger partial charge on any atom is 0.0786 e. The third kappa shape index (κ3) is 3.26. The van der Waals surface area contributed by atoms with E-state index in [0.717, 1.165) is 22.8 Å². The number of nitrogens with zero attached hydrogens (tertiary/aromatic N) is 1. The maximum atomic E-state index is 6.32. The number of hydrogen-bond donors (Lipinski definition) is 1. The van der Waals surface area contributed by atoms with Crippen molar-refractivity contribution in [2.24, 2.45) is 0 Å². The second-order valence-corrected chi connectivity index (χ2v) is 5.45. The van der Waals surface area contributed by atoms with Gasteiger partial charge in [-0.1, -0.05) is 54.9 Å². The van der Waals surface area contributed by atoms with Crippen LogP contribution >= 0.6 is 11.6 Å². The van der Waals surface area contributed by atoms with Gasteiger partial charge in [0, 0.05) is 14.1 Å². The van der Waals surface area contributed by atoms with Crippen LogP contribution in [0.5, 0.6) is 0 Å². The number of para-hydroxylation sites is 1. The molecule has 2 nitrogen and oxygen atoms in total. The lowest BCUT2D eigenvalue weighted by Gasteiger charge is -2.24. The normalized spacial score (nSPS) is 12.0. The van der Waals surface area contributed by atoms with Gasteiger partial charge >= 0.3 is 0 Å². The fourth-order valence-electron chi connectivity index (χ4n) is 2.38. The third-order valence-corrected chi connectivity index (χ3v) is 3.68. The first-order valence-corrected chi connectivity index (χ1v) is 7.28. The van der Waals surface area contributed by atoms with E-state index in [1.165, 1.54) is 5.56 Å². The van der Waals surface area contributed by atoms with E-state index >= 15 is 0 Å². The van der Waals surface area contributed by atoms with Crippen molar-refractivity contribution in [2.75, 3.05) is 24.3 Å². The Bertz CT molecular complexity index is 552. The van der Waals surface area contributed by atoms with Crippen molar-refractivity contribution in [2.45, 2.75) is 19.4 Å². The Kier molecular flexibility index (Phi) is 4.91. The molecule has 0 spiro atoms. The molecule has 0 aliphatic rings. The smallest absolute Gasteiger partial charge is 0.0786 e. The summed E-state index contributed by atoms with van der Waals surface area (Å²) in [6, 6.07) is 16.8. The van der Waals surface area contributed by atoms with E-state index in [0.29, 0.717) is 0 Å². The molecule has 0 saturated heterocycles. The molecule has 0 amide bonds. The molecule has 0 aliphatic heterocycles. The van der Waals surface area contributed by atoms with Gasteiger partial charge in [-0.25, -0.2) is 0 Å². The Morgan fingerprint density at radius 2 is 1.75 bits per heavy atom. The number of nitrogens with one attached hydrogen (secondary N) is 1. The van der Waals surface area contributed by atoms with E-state index in [1.807, 2.05) is 37.2 Å². The molecule has 0 saturated carbocycles. The number of hydrogen-bond acceptors (Lipinski definition) is 2. The van der Waals surface area contributed by atoms with Crippen molar-refractivity contribution in [3.05, 3.63) is 59.1 Å². The van der Waals surface area contributed by atoms with Crippen LogP contribution in [0.2, 0.25) is 5.02 Å². The highest BCUT2D eigenvalue weighted by Gasteiger charge is 2.14. The van der Waals surface area contributed by atoms with Gasteiger partial charge in [-0.15, -0.1) is 0 Å². The molecule has 1 atom stereocenters. The summed E-state index contributed by atoms with van der Waals surface area (Å²) in [6.45, 7) is 2.19. The van der Waals surface area contributed by atoms with E-state index < -0.39 is 0 Å². The van der Waals surface area contributed by atoms with Crippen molar-refractivity contribution >= 4 is 23.0 Å². The summed E-state index contributed by atoms with van der Waals surface area (Å²) >= 11 is 6.32. The topological polar surface area (TPSA) is 15.3 Å². The van der Waals surface area contributed by atoms with Gasteiger partial charge in [0.2, 0.25) is 0 Å². The summed E-state index contributed by atoms with van der Waals surface area (Å²) in [5.74, 6) is 0. The van der Waals surface area contributed by atoms with E-state index in [-0.39, 0.29) is 6.04 Å². The SMILES string of the molecule is CCC(Nc1cccc(Cl)c1N(C)C)c1ccccc1. The molecular formula is C17H21ClN2. The van der Waals surface area contributed by atoms with Crippen molar-refractivity contribution in [1.29, 1.82) is 0 Å². The van der Waals surface area contributed by atoms with Crippen molar-refractivity contribution in [3.63, 3.8) is 0 Å². The highest BCUT2D eigenvalue weighted by molar-refractivity contribution is 6.34. The van der Waals surface area contributed by atoms with E-state index in [2.05, 4.69) is 42.6 Å². The highest BCUT2D eigenvalue weighted by Crippen LogP contribution is 2.35. The van der Waals surface area contributed by atoms with Crippen LogP contribution in [-0.4, -0.2) is 14.1 Å². The first-order valence-electron chi connectivity index (χ1n) is 6.90. The Hall–Kier alpha value is -1.67. The van der Waals surface area contributed by atoms with Gasteiger partial charge in [-0.05, 0) is 24.1 Å². The van der Waals surface area contributed by atoms with Gasteiger partial charge in [0.15, 0.2) is 0 Å². The summed E-state index contributed by atoms with van der Waals surface area (Å²) < 4.78 is 0. The quantitative estimate of drug-likeness (QED) is 0.836. The lowest BCUT2D eigenvalue weighted by atomic mass is 10.0. The van der Waals surface area contributed by atoms with Gasteiger partial charge < -0.3 is 10.2 Å². The minimum atomic E-state index is 0.286. The molecule has 0 fully saturated rings. The van der Waals surface area contributed by atoms with Crippen LogP contribution in [0.4, 0.5) is 11.4 Å². The summed E-state index contributed by atoms with van der Waals surface area (Å²) in [4.78, 5) is 2.04. The van der Waals surface area contributed by atoms with Crippen LogP contribution in [-0.2, 0) is 0 Å². The molecule has 0 radical (unpaired) electrons. The fourth-order valence-corrected chi connectivity index (χ4v) is 2.72. The van der Waals surface area contributed by atoms with E-state index in [1.54, 1.807) is 0 Å². The molecule has 3 heteroatoms. The molecule has 106 valence electrons. The van der Waals surface area contributed by atoms with Gasteiger partial charge in [0.05, 0.1) is 22.4 Å². The largest absolute Gasteiger partial charge is 0.377 e. The van der Waals surface area contributed by atoms with Crippen LogP contribution in [0.25, 0.3) is 0 Å². The Morgan fingerprint density at radius 3 is 2.35 bits per heavy atom. The van der Waals surface area contributed by atoms with E-state index in [9.17, 15) is 0 Å². The molecule has 0 bridgehead atoms. The number of benzene rings is 2. The van der Waals surface area contributed by atoms with Gasteiger partial charge in [0.25, 0.3) is 0 Å². The molecule has 0 aliphatic carbocycles. The molecule has 2 rings (SSSR count). The van der Waals surface area contributed by atoms with Crippen molar-refractivity contribution in [3.8, 4) is 0 Å². The molecule has 20 heavy (non-hydrogen) atoms. The molecule has 1 unspecified atom stereocenters. The van der Waals surface area contributed by atoms with Gasteiger partial charge in [-0.3, -0.25) is 0 Å². The molecule has 1 N–H and O–H groups in total. The molecular weight excluding hydrogens is 268 g/mol. The predicted molar refractivity (Wildman–Crippen MR) is 88.9 cm³/mol. The monoisotopic (exact) mass is 288 g/mol. The zero-order valence-corrected chi connectivity index (χ0v) is 13.0. The zero-order chi connectivity index (χ0) is 14.5.